The number of nitrogens with zero attached hydrogens (tertiary/aromatic N) is 1. The number of dihydropyridines is 1. The lowest BCUT2D eigenvalue weighted by atomic mass is 9.78. The summed E-state index contributed by atoms with van der Waals surface area (Å²) in [6, 6.07) is 15.6. The van der Waals surface area contributed by atoms with E-state index in [-0.39, 0.29) is 0 Å². The topological polar surface area (TPSA) is 77.5 Å². The number of carbonyl (C=O) groups excluding carboxylic acids is 2. The molecule has 0 saturated carbocycles. The molecule has 3 aromatic rings. The first-order chi connectivity index (χ1) is 16.3. The third-order valence-electron chi connectivity index (χ3n) is 5.72. The monoisotopic (exact) mass is 538 g/mol. The summed E-state index contributed by atoms with van der Waals surface area (Å²) in [5.41, 5.74) is 5.47. The van der Waals surface area contributed by atoms with Crippen molar-refractivity contribution >= 4 is 39.2 Å². The second-order valence-electron chi connectivity index (χ2n) is 7.75. The summed E-state index contributed by atoms with van der Waals surface area (Å²) in [6.45, 7) is 3.60. The van der Waals surface area contributed by atoms with Crippen LogP contribution in [-0.2, 0) is 19.1 Å². The summed E-state index contributed by atoms with van der Waals surface area (Å²) in [5, 5.41) is 5.93. The molecule has 0 aliphatic carbocycles. The van der Waals surface area contributed by atoms with Crippen molar-refractivity contribution in [3.8, 4) is 21.8 Å². The first kappa shape index (κ1) is 23.9. The molecular weight excluding hydrogens is 516 g/mol. The lowest BCUT2D eigenvalue weighted by Crippen LogP contribution is -2.32. The zero-order valence-electron chi connectivity index (χ0n) is 19.1. The summed E-state index contributed by atoms with van der Waals surface area (Å²) in [7, 11) is 2.67. The quantitative estimate of drug-likeness (QED) is 0.412. The molecule has 0 saturated heterocycles. The number of ether oxygens (including phenoxy) is 2. The van der Waals surface area contributed by atoms with Gasteiger partial charge in [0.15, 0.2) is 0 Å². The Hall–Kier alpha value is -3.23. The number of benzene rings is 2. The second kappa shape index (κ2) is 9.95. The van der Waals surface area contributed by atoms with Crippen LogP contribution in [0.3, 0.4) is 0 Å². The van der Waals surface area contributed by atoms with Crippen LogP contribution in [0.1, 0.15) is 25.3 Å². The molecule has 0 spiro atoms. The number of esters is 2. The van der Waals surface area contributed by atoms with Gasteiger partial charge in [-0.3, -0.25) is 0 Å². The maximum absolute atomic E-state index is 12.9. The van der Waals surface area contributed by atoms with Gasteiger partial charge in [0.1, 0.15) is 5.01 Å². The fourth-order valence-electron chi connectivity index (χ4n) is 4.16. The summed E-state index contributed by atoms with van der Waals surface area (Å²) >= 11 is 4.97. The molecule has 174 valence electrons. The highest BCUT2D eigenvalue weighted by atomic mass is 79.9. The van der Waals surface area contributed by atoms with Gasteiger partial charge < -0.3 is 14.8 Å². The fourth-order valence-corrected chi connectivity index (χ4v) is 5.30. The number of methoxy groups -OCH3 is 2. The van der Waals surface area contributed by atoms with E-state index in [1.54, 1.807) is 13.8 Å². The van der Waals surface area contributed by atoms with Gasteiger partial charge in [0.25, 0.3) is 0 Å². The van der Waals surface area contributed by atoms with E-state index in [1.807, 2.05) is 53.9 Å². The molecule has 2 heterocycles. The summed E-state index contributed by atoms with van der Waals surface area (Å²) in [5.74, 6) is -1.68. The Morgan fingerprint density at radius 1 is 0.941 bits per heavy atom. The molecule has 1 N–H and O–H groups in total. The Bertz CT molecular complexity index is 1290. The minimum atomic E-state index is -0.669. The molecule has 6 nitrogen and oxygen atoms in total. The summed E-state index contributed by atoms with van der Waals surface area (Å²) in [4.78, 5) is 30.6. The van der Waals surface area contributed by atoms with Crippen molar-refractivity contribution in [1.82, 2.24) is 10.3 Å². The Labute approximate surface area is 210 Å². The lowest BCUT2D eigenvalue weighted by Gasteiger charge is -2.31. The minimum absolute atomic E-state index is 0.366. The van der Waals surface area contributed by atoms with Crippen LogP contribution < -0.4 is 5.32 Å². The van der Waals surface area contributed by atoms with E-state index in [1.165, 1.54) is 25.6 Å². The molecule has 4 rings (SSSR count). The molecule has 0 radical (unpaired) electrons. The van der Waals surface area contributed by atoms with E-state index in [0.717, 1.165) is 31.9 Å². The van der Waals surface area contributed by atoms with Crippen molar-refractivity contribution in [2.24, 2.45) is 0 Å². The molecule has 1 aliphatic heterocycles. The largest absolute Gasteiger partial charge is 0.466 e. The second-order valence-corrected chi connectivity index (χ2v) is 9.52. The fraction of sp³-hybridized carbons (Fsp3) is 0.192. The molecule has 8 heteroatoms. The number of halogens is 1. The van der Waals surface area contributed by atoms with Crippen LogP contribution >= 0.6 is 27.3 Å². The number of allylic oxidation sites excluding steroid dienone is 2. The number of hydrogen-bond donors (Lipinski definition) is 1. The van der Waals surface area contributed by atoms with Gasteiger partial charge in [-0.25, -0.2) is 14.6 Å². The smallest absolute Gasteiger partial charge is 0.336 e. The van der Waals surface area contributed by atoms with Crippen LogP contribution in [0.25, 0.3) is 21.8 Å². The Kier molecular flexibility index (Phi) is 7.00. The zero-order valence-corrected chi connectivity index (χ0v) is 21.5. The van der Waals surface area contributed by atoms with Crippen molar-refractivity contribution in [1.29, 1.82) is 0 Å². The van der Waals surface area contributed by atoms with E-state index in [2.05, 4.69) is 21.2 Å². The predicted molar refractivity (Wildman–Crippen MR) is 136 cm³/mol. The predicted octanol–water partition coefficient (Wildman–Crippen LogP) is 5.82. The van der Waals surface area contributed by atoms with Gasteiger partial charge in [0, 0.05) is 32.4 Å². The Balaban J connectivity index is 1.89. The number of aromatic nitrogens is 1. The Morgan fingerprint density at radius 2 is 1.53 bits per heavy atom. The highest BCUT2D eigenvalue weighted by Crippen LogP contribution is 2.43. The number of rotatable bonds is 5. The molecule has 0 atom stereocenters. The molecule has 0 bridgehead atoms. The minimum Gasteiger partial charge on any atom is -0.466 e. The van der Waals surface area contributed by atoms with Gasteiger partial charge in [-0.05, 0) is 31.5 Å². The molecule has 1 aliphatic rings. The zero-order chi connectivity index (χ0) is 24.4. The van der Waals surface area contributed by atoms with Crippen molar-refractivity contribution in [3.05, 3.63) is 86.5 Å². The normalized spacial score (nSPS) is 14.1. The standard InChI is InChI=1S/C26H23BrN2O4S/c1-14-21(25(30)32-3)23(22(15(2)28-14)26(31)33-4)18-7-5-6-8-19(18)24-29-20(13-34-24)16-9-11-17(27)12-10-16/h5-13,23,28H,1-4H3. The van der Waals surface area contributed by atoms with Crippen molar-refractivity contribution in [2.45, 2.75) is 19.8 Å². The van der Waals surface area contributed by atoms with Gasteiger partial charge in [-0.15, -0.1) is 11.3 Å². The molecule has 0 amide bonds. The van der Waals surface area contributed by atoms with Crippen LogP contribution in [-0.4, -0.2) is 31.1 Å². The van der Waals surface area contributed by atoms with Gasteiger partial charge in [0.2, 0.25) is 0 Å². The third-order valence-corrected chi connectivity index (χ3v) is 7.12. The van der Waals surface area contributed by atoms with Crippen molar-refractivity contribution in [2.75, 3.05) is 14.2 Å². The number of hydrogen-bond acceptors (Lipinski definition) is 7. The molecule has 0 fully saturated rings. The van der Waals surface area contributed by atoms with E-state index < -0.39 is 17.9 Å². The van der Waals surface area contributed by atoms with Crippen molar-refractivity contribution < 1.29 is 19.1 Å². The highest BCUT2D eigenvalue weighted by Gasteiger charge is 2.38. The molecular formula is C26H23BrN2O4S. The summed E-state index contributed by atoms with van der Waals surface area (Å²) < 4.78 is 11.2. The molecule has 1 aromatic heterocycles. The average molecular weight is 539 g/mol. The highest BCUT2D eigenvalue weighted by molar-refractivity contribution is 9.10. The third kappa shape index (κ3) is 4.43. The van der Waals surface area contributed by atoms with E-state index in [4.69, 9.17) is 14.5 Å². The van der Waals surface area contributed by atoms with Crippen LogP contribution in [0.4, 0.5) is 0 Å². The van der Waals surface area contributed by atoms with E-state index >= 15 is 0 Å². The molecule has 2 aromatic carbocycles. The van der Waals surface area contributed by atoms with Crippen LogP contribution in [0.5, 0.6) is 0 Å². The van der Waals surface area contributed by atoms with Crippen LogP contribution in [0, 0.1) is 0 Å². The summed E-state index contributed by atoms with van der Waals surface area (Å²) in [6.07, 6.45) is 0. The average Bonchev–Trinajstić information content (AvgIpc) is 3.33. The van der Waals surface area contributed by atoms with Crippen LogP contribution in [0.15, 0.2) is 80.9 Å². The van der Waals surface area contributed by atoms with Gasteiger partial charge in [-0.2, -0.15) is 0 Å². The van der Waals surface area contributed by atoms with Gasteiger partial charge in [0.05, 0.1) is 37.0 Å². The molecule has 0 unspecified atom stereocenters. The Morgan fingerprint density at radius 3 is 2.12 bits per heavy atom. The first-order valence-corrected chi connectivity index (χ1v) is 12.2. The maximum atomic E-state index is 12.9. The molecule has 34 heavy (non-hydrogen) atoms. The number of thiazole rings is 1. The van der Waals surface area contributed by atoms with Gasteiger partial charge in [-0.1, -0.05) is 52.3 Å². The lowest BCUT2D eigenvalue weighted by molar-refractivity contribution is -0.137. The number of nitrogens with one attached hydrogen (secondary N) is 1. The number of carbonyl (C=O) groups is 2. The van der Waals surface area contributed by atoms with Gasteiger partial charge >= 0.3 is 11.9 Å². The van der Waals surface area contributed by atoms with Crippen molar-refractivity contribution in [3.63, 3.8) is 0 Å². The maximum Gasteiger partial charge on any atom is 0.336 e. The SMILES string of the molecule is COC(=O)C1=C(C)NC(C)=C(C(=O)OC)C1c1ccccc1-c1nc(-c2ccc(Br)cc2)cs1. The van der Waals surface area contributed by atoms with E-state index in [0.29, 0.717) is 22.5 Å². The van der Waals surface area contributed by atoms with E-state index in [9.17, 15) is 9.59 Å². The van der Waals surface area contributed by atoms with Crippen LogP contribution in [0.2, 0.25) is 0 Å². The first-order valence-electron chi connectivity index (χ1n) is 10.5.